The average Bonchev–Trinajstić information content (AvgIpc) is 2.42. The van der Waals surface area contributed by atoms with Crippen molar-refractivity contribution in [1.82, 2.24) is 5.32 Å². The van der Waals surface area contributed by atoms with Gasteiger partial charge in [0.25, 0.3) is 0 Å². The number of carbonyl (C=O) groups excluding carboxylic acids is 1. The van der Waals surface area contributed by atoms with Crippen LogP contribution in [0, 0.1) is 0 Å². The smallest absolute Gasteiger partial charge is 0.220 e. The van der Waals surface area contributed by atoms with E-state index in [-0.39, 0.29) is 5.91 Å². The lowest BCUT2D eigenvalue weighted by Gasteiger charge is -2.04. The number of carbonyl (C=O) groups is 1. The second-order valence-corrected chi connectivity index (χ2v) is 5.36. The molecule has 0 fully saturated rings. The Labute approximate surface area is 120 Å². The highest BCUT2D eigenvalue weighted by atomic mass is 16.1. The van der Waals surface area contributed by atoms with Crippen molar-refractivity contribution in [1.29, 1.82) is 0 Å². The summed E-state index contributed by atoms with van der Waals surface area (Å²) in [6.07, 6.45) is 16.5. The van der Waals surface area contributed by atoms with Gasteiger partial charge in [0.15, 0.2) is 0 Å². The minimum Gasteiger partial charge on any atom is -0.356 e. The molecule has 0 unspecified atom stereocenters. The summed E-state index contributed by atoms with van der Waals surface area (Å²) in [5.41, 5.74) is 0. The lowest BCUT2D eigenvalue weighted by molar-refractivity contribution is -0.121. The molecule has 0 radical (unpaired) electrons. The molecule has 0 bridgehead atoms. The Hall–Kier alpha value is -0.790. The summed E-state index contributed by atoms with van der Waals surface area (Å²) in [6, 6.07) is 0. The monoisotopic (exact) mass is 267 g/mol. The van der Waals surface area contributed by atoms with Gasteiger partial charge in [-0.1, -0.05) is 70.8 Å². The summed E-state index contributed by atoms with van der Waals surface area (Å²) in [6.45, 7) is 6.71. The van der Waals surface area contributed by atoms with Crippen LogP contribution < -0.4 is 5.32 Å². The second kappa shape index (κ2) is 15.3. The van der Waals surface area contributed by atoms with Crippen LogP contribution in [0.1, 0.15) is 84.0 Å². The van der Waals surface area contributed by atoms with Gasteiger partial charge in [-0.25, -0.2) is 0 Å². The van der Waals surface area contributed by atoms with Crippen LogP contribution >= 0.6 is 0 Å². The lowest BCUT2D eigenvalue weighted by atomic mass is 10.1. The van der Waals surface area contributed by atoms with Gasteiger partial charge in [-0.05, 0) is 12.8 Å². The van der Waals surface area contributed by atoms with Crippen LogP contribution in [0.15, 0.2) is 12.7 Å². The summed E-state index contributed by atoms with van der Waals surface area (Å²) in [4.78, 5) is 11.3. The first-order valence-corrected chi connectivity index (χ1v) is 8.18. The number of nitrogens with one attached hydrogen (secondary N) is 1. The molecular formula is C17H33NO. The topological polar surface area (TPSA) is 29.1 Å². The third kappa shape index (κ3) is 15.2. The molecule has 0 heterocycles. The van der Waals surface area contributed by atoms with Crippen LogP contribution in [0.25, 0.3) is 0 Å². The predicted octanol–water partition coefficient (Wildman–Crippen LogP) is 4.99. The van der Waals surface area contributed by atoms with E-state index < -0.39 is 0 Å². The number of hydrogen-bond acceptors (Lipinski definition) is 1. The minimum atomic E-state index is 0.163. The standard InChI is InChI=1S/C17H33NO/c1-3-5-7-8-9-10-11-12-13-14-16-18-17(19)15-6-4-2/h4H,2-3,5-16H2,1H3,(H,18,19). The van der Waals surface area contributed by atoms with Gasteiger partial charge in [0.2, 0.25) is 5.91 Å². The third-order valence-corrected chi connectivity index (χ3v) is 3.43. The first-order chi connectivity index (χ1) is 9.31. The van der Waals surface area contributed by atoms with Crippen LogP contribution in [-0.2, 0) is 4.79 Å². The second-order valence-electron chi connectivity index (χ2n) is 5.36. The fourth-order valence-electron chi connectivity index (χ4n) is 2.16. The predicted molar refractivity (Wildman–Crippen MR) is 84.3 cm³/mol. The van der Waals surface area contributed by atoms with Crippen molar-refractivity contribution in [3.05, 3.63) is 12.7 Å². The van der Waals surface area contributed by atoms with Crippen molar-refractivity contribution < 1.29 is 4.79 Å². The summed E-state index contributed by atoms with van der Waals surface area (Å²) in [5.74, 6) is 0.163. The van der Waals surface area contributed by atoms with Crippen LogP contribution in [0.3, 0.4) is 0 Å². The number of rotatable bonds is 14. The first-order valence-electron chi connectivity index (χ1n) is 8.18. The molecule has 0 saturated carbocycles. The average molecular weight is 267 g/mol. The van der Waals surface area contributed by atoms with E-state index >= 15 is 0 Å². The molecule has 2 nitrogen and oxygen atoms in total. The number of unbranched alkanes of at least 4 members (excludes halogenated alkanes) is 9. The molecule has 19 heavy (non-hydrogen) atoms. The van der Waals surface area contributed by atoms with Crippen molar-refractivity contribution >= 4 is 5.91 Å². The Morgan fingerprint density at radius 3 is 2.00 bits per heavy atom. The zero-order valence-corrected chi connectivity index (χ0v) is 12.9. The molecule has 2 heteroatoms. The van der Waals surface area contributed by atoms with E-state index in [4.69, 9.17) is 0 Å². The Morgan fingerprint density at radius 1 is 0.947 bits per heavy atom. The largest absolute Gasteiger partial charge is 0.356 e. The van der Waals surface area contributed by atoms with E-state index in [2.05, 4.69) is 18.8 Å². The van der Waals surface area contributed by atoms with Gasteiger partial charge in [-0.2, -0.15) is 0 Å². The van der Waals surface area contributed by atoms with E-state index in [0.29, 0.717) is 6.42 Å². The van der Waals surface area contributed by atoms with Gasteiger partial charge in [0.1, 0.15) is 0 Å². The van der Waals surface area contributed by atoms with Gasteiger partial charge in [-0.3, -0.25) is 4.79 Å². The summed E-state index contributed by atoms with van der Waals surface area (Å²) in [5, 5.41) is 2.96. The van der Waals surface area contributed by atoms with E-state index in [1.165, 1.54) is 57.8 Å². The maximum absolute atomic E-state index is 11.3. The lowest BCUT2D eigenvalue weighted by Crippen LogP contribution is -2.23. The summed E-state index contributed by atoms with van der Waals surface area (Å²) in [7, 11) is 0. The Bertz CT molecular complexity index is 213. The SMILES string of the molecule is C=CCCC(=O)NCCCCCCCCCCCC. The molecule has 0 aliphatic heterocycles. The minimum absolute atomic E-state index is 0.163. The van der Waals surface area contributed by atoms with Gasteiger partial charge in [0.05, 0.1) is 0 Å². The number of hydrogen-bond donors (Lipinski definition) is 1. The Kier molecular flexibility index (Phi) is 14.6. The molecule has 0 aromatic heterocycles. The maximum atomic E-state index is 11.3. The zero-order chi connectivity index (χ0) is 14.2. The van der Waals surface area contributed by atoms with Gasteiger partial charge < -0.3 is 5.32 Å². The zero-order valence-electron chi connectivity index (χ0n) is 12.9. The molecule has 112 valence electrons. The summed E-state index contributed by atoms with van der Waals surface area (Å²) < 4.78 is 0. The molecular weight excluding hydrogens is 234 g/mol. The Morgan fingerprint density at radius 2 is 1.47 bits per heavy atom. The van der Waals surface area contributed by atoms with Crippen molar-refractivity contribution in [2.75, 3.05) is 6.54 Å². The van der Waals surface area contributed by atoms with Crippen LogP contribution in [0.5, 0.6) is 0 Å². The van der Waals surface area contributed by atoms with E-state index in [9.17, 15) is 4.79 Å². The quantitative estimate of drug-likeness (QED) is 0.348. The van der Waals surface area contributed by atoms with Crippen molar-refractivity contribution in [2.24, 2.45) is 0 Å². The molecule has 1 amide bonds. The molecule has 0 aromatic carbocycles. The molecule has 0 aromatic rings. The molecule has 0 aliphatic carbocycles. The van der Waals surface area contributed by atoms with Crippen LogP contribution in [0.4, 0.5) is 0 Å². The highest BCUT2D eigenvalue weighted by Gasteiger charge is 1.98. The fourth-order valence-corrected chi connectivity index (χ4v) is 2.16. The van der Waals surface area contributed by atoms with Crippen molar-refractivity contribution in [3.8, 4) is 0 Å². The molecule has 0 spiro atoms. The molecule has 1 N–H and O–H groups in total. The van der Waals surface area contributed by atoms with Gasteiger partial charge in [-0.15, -0.1) is 6.58 Å². The van der Waals surface area contributed by atoms with E-state index in [0.717, 1.165) is 19.4 Å². The number of amides is 1. The highest BCUT2D eigenvalue weighted by Crippen LogP contribution is 2.10. The van der Waals surface area contributed by atoms with E-state index in [1.807, 2.05) is 0 Å². The van der Waals surface area contributed by atoms with Crippen molar-refractivity contribution in [3.63, 3.8) is 0 Å². The van der Waals surface area contributed by atoms with Crippen molar-refractivity contribution in [2.45, 2.75) is 84.0 Å². The van der Waals surface area contributed by atoms with Gasteiger partial charge in [0, 0.05) is 13.0 Å². The maximum Gasteiger partial charge on any atom is 0.220 e. The van der Waals surface area contributed by atoms with Gasteiger partial charge >= 0.3 is 0 Å². The highest BCUT2D eigenvalue weighted by molar-refractivity contribution is 5.75. The van der Waals surface area contributed by atoms with E-state index in [1.54, 1.807) is 6.08 Å². The van der Waals surface area contributed by atoms with Crippen LogP contribution in [0.2, 0.25) is 0 Å². The fraction of sp³-hybridized carbons (Fsp3) is 0.824. The Balaban J connectivity index is 3.06. The normalized spacial score (nSPS) is 10.4. The molecule has 0 saturated heterocycles. The third-order valence-electron chi connectivity index (χ3n) is 3.43. The molecule has 0 aliphatic rings. The summed E-state index contributed by atoms with van der Waals surface area (Å²) >= 11 is 0. The van der Waals surface area contributed by atoms with Crippen LogP contribution in [-0.4, -0.2) is 12.5 Å². The molecule has 0 atom stereocenters. The number of allylic oxidation sites excluding steroid dienone is 1. The first kappa shape index (κ1) is 18.2. The molecule has 0 rings (SSSR count).